The first-order valence-electron chi connectivity index (χ1n) is 9.03. The Labute approximate surface area is 177 Å². The Morgan fingerprint density at radius 2 is 1.52 bits per heavy atom. The molecule has 4 rings (SSSR count). The second kappa shape index (κ2) is 7.76. The molecular formula is C24H19BrO4. The highest BCUT2D eigenvalue weighted by Gasteiger charge is 2.24. The normalized spacial score (nSPS) is 10.9. The minimum atomic E-state index is -0.448. The Kier molecular flexibility index (Phi) is 5.16. The molecule has 0 N–H and O–H groups in total. The van der Waals surface area contributed by atoms with Crippen LogP contribution in [0.5, 0.6) is 11.5 Å². The number of carbonyl (C=O) groups excluding carboxylic acids is 1. The number of hydrogen-bond donors (Lipinski definition) is 0. The summed E-state index contributed by atoms with van der Waals surface area (Å²) in [6.07, 6.45) is 0. The molecule has 0 atom stereocenters. The number of rotatable bonds is 4. The predicted molar refractivity (Wildman–Crippen MR) is 119 cm³/mol. The Morgan fingerprint density at radius 3 is 2.24 bits per heavy atom. The van der Waals surface area contributed by atoms with Crippen LogP contribution in [0, 0.1) is 0 Å². The molecule has 4 aromatic carbocycles. The summed E-state index contributed by atoms with van der Waals surface area (Å²) in [5.74, 6) is 0.713. The molecule has 0 radical (unpaired) electrons. The van der Waals surface area contributed by atoms with Crippen molar-refractivity contribution < 1.29 is 19.0 Å². The van der Waals surface area contributed by atoms with Crippen molar-refractivity contribution in [1.29, 1.82) is 0 Å². The third kappa shape index (κ3) is 3.21. The van der Waals surface area contributed by atoms with Crippen molar-refractivity contribution in [2.45, 2.75) is 0 Å². The van der Waals surface area contributed by atoms with Gasteiger partial charge in [-0.3, -0.25) is 0 Å². The maximum atomic E-state index is 12.5. The van der Waals surface area contributed by atoms with Crippen molar-refractivity contribution in [2.24, 2.45) is 0 Å². The van der Waals surface area contributed by atoms with Gasteiger partial charge in [0.1, 0.15) is 17.1 Å². The molecule has 0 spiro atoms. The molecular weight excluding hydrogens is 432 g/mol. The molecule has 0 unspecified atom stereocenters. The third-order valence-electron chi connectivity index (χ3n) is 5.02. The fourth-order valence-corrected chi connectivity index (χ4v) is 4.14. The molecule has 146 valence electrons. The lowest BCUT2D eigenvalue weighted by Crippen LogP contribution is -2.06. The molecule has 0 heterocycles. The summed E-state index contributed by atoms with van der Waals surface area (Å²) in [6, 6.07) is 19.7. The fourth-order valence-electron chi connectivity index (χ4n) is 3.76. The zero-order chi connectivity index (χ0) is 20.5. The zero-order valence-electron chi connectivity index (χ0n) is 16.3. The number of hydrogen-bond acceptors (Lipinski definition) is 4. The Bertz CT molecular complexity index is 1250. The van der Waals surface area contributed by atoms with Gasteiger partial charge in [-0.05, 0) is 45.8 Å². The van der Waals surface area contributed by atoms with E-state index in [4.69, 9.17) is 14.2 Å². The van der Waals surface area contributed by atoms with E-state index in [1.807, 2.05) is 48.5 Å². The lowest BCUT2D eigenvalue weighted by atomic mass is 9.90. The summed E-state index contributed by atoms with van der Waals surface area (Å²) in [7, 11) is 4.57. The van der Waals surface area contributed by atoms with E-state index in [-0.39, 0.29) is 0 Å². The predicted octanol–water partition coefficient (Wildman–Crippen LogP) is 6.23. The Balaban J connectivity index is 2.23. The van der Waals surface area contributed by atoms with Crippen LogP contribution in [-0.4, -0.2) is 27.3 Å². The van der Waals surface area contributed by atoms with Crippen molar-refractivity contribution in [3.63, 3.8) is 0 Å². The number of fused-ring (bicyclic) bond motifs is 2. The van der Waals surface area contributed by atoms with Gasteiger partial charge in [0.2, 0.25) is 0 Å². The maximum absolute atomic E-state index is 12.5. The number of esters is 1. The molecule has 0 aliphatic heterocycles. The van der Waals surface area contributed by atoms with Crippen LogP contribution in [-0.2, 0) is 4.74 Å². The van der Waals surface area contributed by atoms with Crippen LogP contribution < -0.4 is 9.47 Å². The molecule has 0 saturated heterocycles. The summed E-state index contributed by atoms with van der Waals surface area (Å²) in [6.45, 7) is 0. The summed E-state index contributed by atoms with van der Waals surface area (Å²) >= 11 is 3.54. The minimum Gasteiger partial charge on any atom is -0.496 e. The smallest absolute Gasteiger partial charge is 0.341 e. The summed E-state index contributed by atoms with van der Waals surface area (Å²) in [5.41, 5.74) is 2.05. The van der Waals surface area contributed by atoms with E-state index in [0.717, 1.165) is 37.1 Å². The van der Waals surface area contributed by atoms with E-state index in [0.29, 0.717) is 17.1 Å². The second-order valence-electron chi connectivity index (χ2n) is 6.55. The molecule has 4 nitrogen and oxygen atoms in total. The topological polar surface area (TPSA) is 44.8 Å². The molecule has 0 aliphatic carbocycles. The van der Waals surface area contributed by atoms with Gasteiger partial charge in [0, 0.05) is 15.6 Å². The molecule has 0 amide bonds. The van der Waals surface area contributed by atoms with Gasteiger partial charge in [-0.2, -0.15) is 0 Å². The van der Waals surface area contributed by atoms with Crippen LogP contribution in [0.4, 0.5) is 0 Å². The van der Waals surface area contributed by atoms with Crippen LogP contribution in [0.3, 0.4) is 0 Å². The van der Waals surface area contributed by atoms with Crippen molar-refractivity contribution in [2.75, 3.05) is 21.3 Å². The standard InChI is InChI=1S/C24H19BrO4/c1-27-20-11-8-15-12-16(25)9-10-18(15)21(20)22-17-7-5-4-6-14(17)13-19(23(22)28-2)24(26)29-3/h4-13H,1-3H3. The van der Waals surface area contributed by atoms with Crippen LogP contribution >= 0.6 is 15.9 Å². The summed E-state index contributed by atoms with van der Waals surface area (Å²) in [4.78, 5) is 12.5. The van der Waals surface area contributed by atoms with E-state index in [9.17, 15) is 4.79 Å². The van der Waals surface area contributed by atoms with Crippen LogP contribution in [0.15, 0.2) is 65.1 Å². The number of benzene rings is 4. The van der Waals surface area contributed by atoms with Crippen molar-refractivity contribution >= 4 is 43.4 Å². The molecule has 5 heteroatoms. The van der Waals surface area contributed by atoms with Gasteiger partial charge < -0.3 is 14.2 Å². The first-order chi connectivity index (χ1) is 14.1. The average molecular weight is 451 g/mol. The number of methoxy groups -OCH3 is 3. The summed E-state index contributed by atoms with van der Waals surface area (Å²) < 4.78 is 17.5. The van der Waals surface area contributed by atoms with Crippen LogP contribution in [0.25, 0.3) is 32.7 Å². The maximum Gasteiger partial charge on any atom is 0.341 e. The number of carbonyl (C=O) groups is 1. The molecule has 0 aliphatic rings. The highest BCUT2D eigenvalue weighted by atomic mass is 79.9. The van der Waals surface area contributed by atoms with Gasteiger partial charge in [-0.15, -0.1) is 0 Å². The molecule has 29 heavy (non-hydrogen) atoms. The van der Waals surface area contributed by atoms with Crippen molar-refractivity contribution in [1.82, 2.24) is 0 Å². The van der Waals surface area contributed by atoms with Crippen molar-refractivity contribution in [3.05, 3.63) is 70.7 Å². The Hall–Kier alpha value is -3.05. The minimum absolute atomic E-state index is 0.375. The molecule has 0 bridgehead atoms. The molecule has 0 aromatic heterocycles. The SMILES string of the molecule is COC(=O)c1cc2ccccc2c(-c2c(OC)ccc3cc(Br)ccc23)c1OC. The quantitative estimate of drug-likeness (QED) is 0.345. The molecule has 0 fully saturated rings. The van der Waals surface area contributed by atoms with E-state index >= 15 is 0 Å². The summed E-state index contributed by atoms with van der Waals surface area (Å²) in [5, 5.41) is 3.92. The third-order valence-corrected chi connectivity index (χ3v) is 5.52. The van der Waals surface area contributed by atoms with E-state index in [1.165, 1.54) is 7.11 Å². The van der Waals surface area contributed by atoms with E-state index in [1.54, 1.807) is 20.3 Å². The van der Waals surface area contributed by atoms with Gasteiger partial charge in [0.25, 0.3) is 0 Å². The van der Waals surface area contributed by atoms with Gasteiger partial charge in [0.05, 0.1) is 21.3 Å². The van der Waals surface area contributed by atoms with Crippen LogP contribution in [0.2, 0.25) is 0 Å². The monoisotopic (exact) mass is 450 g/mol. The number of ether oxygens (including phenoxy) is 3. The van der Waals surface area contributed by atoms with E-state index < -0.39 is 5.97 Å². The highest BCUT2D eigenvalue weighted by Crippen LogP contribution is 2.47. The van der Waals surface area contributed by atoms with Gasteiger partial charge in [0.15, 0.2) is 0 Å². The molecule has 4 aromatic rings. The average Bonchev–Trinajstić information content (AvgIpc) is 2.76. The Morgan fingerprint density at radius 1 is 0.793 bits per heavy atom. The largest absolute Gasteiger partial charge is 0.496 e. The first kappa shape index (κ1) is 19.3. The van der Waals surface area contributed by atoms with Gasteiger partial charge >= 0.3 is 5.97 Å². The highest BCUT2D eigenvalue weighted by molar-refractivity contribution is 9.10. The van der Waals surface area contributed by atoms with Crippen molar-refractivity contribution in [3.8, 4) is 22.6 Å². The lowest BCUT2D eigenvalue weighted by molar-refractivity contribution is 0.0597. The zero-order valence-corrected chi connectivity index (χ0v) is 17.9. The van der Waals surface area contributed by atoms with Crippen LogP contribution in [0.1, 0.15) is 10.4 Å². The van der Waals surface area contributed by atoms with Gasteiger partial charge in [-0.25, -0.2) is 4.79 Å². The second-order valence-corrected chi connectivity index (χ2v) is 7.47. The number of halogens is 1. The fraction of sp³-hybridized carbons (Fsp3) is 0.125. The first-order valence-corrected chi connectivity index (χ1v) is 9.83. The molecule has 0 saturated carbocycles. The lowest BCUT2D eigenvalue weighted by Gasteiger charge is -2.19. The van der Waals surface area contributed by atoms with Gasteiger partial charge in [-0.1, -0.05) is 52.3 Å². The van der Waals surface area contributed by atoms with E-state index in [2.05, 4.69) is 22.0 Å².